The zero-order valence-corrected chi connectivity index (χ0v) is 15.7. The topological polar surface area (TPSA) is 97.8 Å². The largest absolute Gasteiger partial charge is 0.365 e. The highest BCUT2D eigenvalue weighted by Gasteiger charge is 2.20. The van der Waals surface area contributed by atoms with Gasteiger partial charge in [0.05, 0.1) is 11.2 Å². The summed E-state index contributed by atoms with van der Waals surface area (Å²) in [5, 5.41) is 3.46. The molecule has 0 radical (unpaired) electrons. The van der Waals surface area contributed by atoms with Gasteiger partial charge in [0.1, 0.15) is 23.2 Å². The Morgan fingerprint density at radius 2 is 2.07 bits per heavy atom. The van der Waals surface area contributed by atoms with E-state index in [1.807, 2.05) is 6.07 Å². The summed E-state index contributed by atoms with van der Waals surface area (Å²) >= 11 is 0. The quantitative estimate of drug-likeness (QED) is 0.721. The zero-order valence-electron chi connectivity index (χ0n) is 15.7. The van der Waals surface area contributed by atoms with Crippen LogP contribution in [0, 0.1) is 24.6 Å². The normalized spacial score (nSPS) is 19.5. The van der Waals surface area contributed by atoms with Gasteiger partial charge in [-0.1, -0.05) is 31.0 Å². The summed E-state index contributed by atoms with van der Waals surface area (Å²) in [7, 11) is 0. The van der Waals surface area contributed by atoms with Gasteiger partial charge >= 0.3 is 0 Å². The molecule has 0 saturated heterocycles. The molecule has 0 atom stereocenters. The van der Waals surface area contributed by atoms with Crippen molar-refractivity contribution in [3.63, 3.8) is 0 Å². The summed E-state index contributed by atoms with van der Waals surface area (Å²) in [5.74, 6) is 1.79. The number of hydrogen-bond donors (Lipinski definition) is 2. The molecule has 7 heteroatoms. The number of aryl methyl sites for hydroxylation is 1. The van der Waals surface area contributed by atoms with Crippen molar-refractivity contribution in [2.45, 2.75) is 46.0 Å². The predicted molar refractivity (Wildman–Crippen MR) is 101 cm³/mol. The Labute approximate surface area is 157 Å². The monoisotopic (exact) mass is 372 g/mol. The van der Waals surface area contributed by atoms with Gasteiger partial charge < -0.3 is 15.2 Å². The number of carbonyl (C=O) groups is 1. The number of aromatic amines is 1. The molecule has 3 N–H and O–H groups in total. The lowest BCUT2D eigenvalue weighted by Gasteiger charge is -2.25. The average molecular weight is 372 g/mol. The highest BCUT2D eigenvalue weighted by atomic mass is 19.1. The van der Waals surface area contributed by atoms with Gasteiger partial charge in [-0.2, -0.15) is 0 Å². The molecule has 0 unspecified atom stereocenters. The van der Waals surface area contributed by atoms with Crippen LogP contribution in [0.5, 0.6) is 0 Å². The van der Waals surface area contributed by atoms with E-state index in [0.29, 0.717) is 22.7 Å². The number of carbonyl (C=O) groups excluding carboxylic acids is 1. The number of H-pyrrole nitrogens is 1. The van der Waals surface area contributed by atoms with Crippen molar-refractivity contribution >= 4 is 16.9 Å². The van der Waals surface area contributed by atoms with Crippen LogP contribution in [0.3, 0.4) is 0 Å². The fourth-order valence-corrected chi connectivity index (χ4v) is 3.48. The summed E-state index contributed by atoms with van der Waals surface area (Å²) in [6, 6.07) is 5.08. The van der Waals surface area contributed by atoms with Crippen LogP contribution in [0.4, 0.5) is 4.39 Å². The standard InChI is InChI=1S/C15H19FN2.C5H6N2O2/c1-10-5-7-11(8-6-10)9-14-17-13-4-2-3-12(16)15(13)18-14;1-3-4(5(6)8)2-9-7-3/h2-4,10-11H,5-9H2,1H3,(H,17,18);2H,1H3,(H2,6,8). The lowest BCUT2D eigenvalue weighted by molar-refractivity contribution is 0.0999. The summed E-state index contributed by atoms with van der Waals surface area (Å²) < 4.78 is 18.0. The van der Waals surface area contributed by atoms with Crippen molar-refractivity contribution in [1.82, 2.24) is 15.1 Å². The van der Waals surface area contributed by atoms with Crippen molar-refractivity contribution in [2.75, 3.05) is 0 Å². The highest BCUT2D eigenvalue weighted by Crippen LogP contribution is 2.30. The van der Waals surface area contributed by atoms with Gasteiger partial charge in [-0.05, 0) is 43.7 Å². The second-order valence-corrected chi connectivity index (χ2v) is 7.33. The second-order valence-electron chi connectivity index (χ2n) is 7.33. The van der Waals surface area contributed by atoms with E-state index in [9.17, 15) is 9.18 Å². The van der Waals surface area contributed by atoms with Crippen LogP contribution < -0.4 is 5.73 Å². The molecule has 144 valence electrons. The van der Waals surface area contributed by atoms with Crippen molar-refractivity contribution in [3.05, 3.63) is 47.4 Å². The number of hydrogen-bond acceptors (Lipinski definition) is 4. The first-order valence-electron chi connectivity index (χ1n) is 9.28. The van der Waals surface area contributed by atoms with E-state index in [2.05, 4.69) is 26.6 Å². The fourth-order valence-electron chi connectivity index (χ4n) is 3.48. The van der Waals surface area contributed by atoms with E-state index >= 15 is 0 Å². The van der Waals surface area contributed by atoms with Crippen LogP contribution in [0.2, 0.25) is 0 Å². The lowest BCUT2D eigenvalue weighted by Crippen LogP contribution is -2.14. The van der Waals surface area contributed by atoms with Crippen molar-refractivity contribution in [3.8, 4) is 0 Å². The van der Waals surface area contributed by atoms with Gasteiger partial charge in [0.15, 0.2) is 5.82 Å². The Morgan fingerprint density at radius 1 is 1.33 bits per heavy atom. The zero-order chi connectivity index (χ0) is 19.4. The number of amides is 1. The Bertz CT molecular complexity index is 910. The number of nitrogens with one attached hydrogen (secondary N) is 1. The SMILES string of the molecule is CC1CCC(Cc2nc3c(F)cccc3[nH]2)CC1.Cc1nocc1C(N)=O. The maximum Gasteiger partial charge on any atom is 0.253 e. The smallest absolute Gasteiger partial charge is 0.253 e. The van der Waals surface area contributed by atoms with Crippen LogP contribution in [-0.2, 0) is 6.42 Å². The van der Waals surface area contributed by atoms with Gasteiger partial charge in [0.2, 0.25) is 0 Å². The number of rotatable bonds is 3. The molecule has 3 aromatic rings. The third-order valence-corrected chi connectivity index (χ3v) is 5.15. The summed E-state index contributed by atoms with van der Waals surface area (Å²) in [6.45, 7) is 3.98. The van der Waals surface area contributed by atoms with Gasteiger partial charge in [-0.25, -0.2) is 9.37 Å². The Balaban J connectivity index is 0.000000197. The third kappa shape index (κ3) is 4.72. The van der Waals surface area contributed by atoms with Gasteiger partial charge in [-0.15, -0.1) is 0 Å². The Hall–Kier alpha value is -2.70. The van der Waals surface area contributed by atoms with Crippen LogP contribution in [0.25, 0.3) is 11.0 Å². The number of nitrogens with two attached hydrogens (primary N) is 1. The third-order valence-electron chi connectivity index (χ3n) is 5.15. The van der Waals surface area contributed by atoms with Crippen molar-refractivity contribution in [1.29, 1.82) is 0 Å². The van der Waals surface area contributed by atoms with Gasteiger partial charge in [0, 0.05) is 6.42 Å². The molecule has 1 fully saturated rings. The molecule has 6 nitrogen and oxygen atoms in total. The first-order chi connectivity index (χ1) is 12.9. The molecule has 0 bridgehead atoms. The number of aromatic nitrogens is 3. The minimum atomic E-state index is -0.506. The lowest BCUT2D eigenvalue weighted by atomic mass is 9.81. The van der Waals surface area contributed by atoms with Crippen molar-refractivity contribution in [2.24, 2.45) is 17.6 Å². The predicted octanol–water partition coefficient (Wildman–Crippen LogP) is 4.15. The van der Waals surface area contributed by atoms with E-state index in [4.69, 9.17) is 5.73 Å². The first-order valence-corrected chi connectivity index (χ1v) is 9.28. The molecule has 1 aliphatic rings. The maximum atomic E-state index is 13.5. The summed E-state index contributed by atoms with van der Waals surface area (Å²) in [6.07, 6.45) is 7.39. The molecular weight excluding hydrogens is 347 g/mol. The number of para-hydroxylation sites is 1. The van der Waals surface area contributed by atoms with Crippen LogP contribution in [-0.4, -0.2) is 21.0 Å². The van der Waals surface area contributed by atoms with E-state index < -0.39 is 5.91 Å². The number of halogens is 1. The number of primary amides is 1. The Morgan fingerprint density at radius 3 is 2.63 bits per heavy atom. The van der Waals surface area contributed by atoms with E-state index in [-0.39, 0.29) is 5.82 Å². The molecule has 1 aromatic carbocycles. The summed E-state index contributed by atoms with van der Waals surface area (Å²) in [4.78, 5) is 18.0. The van der Waals surface area contributed by atoms with Crippen LogP contribution in [0.1, 0.15) is 54.5 Å². The fraction of sp³-hybridized carbons (Fsp3) is 0.450. The van der Waals surface area contributed by atoms with Gasteiger partial charge in [-0.3, -0.25) is 4.79 Å². The molecule has 2 heterocycles. The molecule has 0 aliphatic heterocycles. The molecular formula is C20H25FN4O2. The number of nitrogens with zero attached hydrogens (tertiary/aromatic N) is 2. The minimum Gasteiger partial charge on any atom is -0.365 e. The van der Waals surface area contributed by atoms with Crippen molar-refractivity contribution < 1.29 is 13.7 Å². The molecule has 27 heavy (non-hydrogen) atoms. The molecule has 1 saturated carbocycles. The molecule has 1 aliphatic carbocycles. The molecule has 1 amide bonds. The highest BCUT2D eigenvalue weighted by molar-refractivity contribution is 5.93. The maximum absolute atomic E-state index is 13.5. The first kappa shape index (κ1) is 19.1. The van der Waals surface area contributed by atoms with E-state index in [1.165, 1.54) is 38.0 Å². The molecule has 2 aromatic heterocycles. The van der Waals surface area contributed by atoms with E-state index in [1.54, 1.807) is 13.0 Å². The molecule has 4 rings (SSSR count). The second kappa shape index (κ2) is 8.33. The van der Waals surface area contributed by atoms with Crippen LogP contribution >= 0.6 is 0 Å². The van der Waals surface area contributed by atoms with Gasteiger partial charge in [0.25, 0.3) is 5.91 Å². The van der Waals surface area contributed by atoms with Crippen LogP contribution in [0.15, 0.2) is 29.0 Å². The Kier molecular flexibility index (Phi) is 5.88. The minimum absolute atomic E-state index is 0.229. The number of fused-ring (bicyclic) bond motifs is 1. The number of benzene rings is 1. The average Bonchev–Trinajstić information content (AvgIpc) is 3.24. The number of imidazole rings is 1. The van der Waals surface area contributed by atoms with E-state index in [0.717, 1.165) is 23.7 Å². The molecule has 0 spiro atoms. The summed E-state index contributed by atoms with van der Waals surface area (Å²) in [5.41, 5.74) is 7.09.